The number of hydrogen-bond donors (Lipinski definition) is 1. The zero-order chi connectivity index (χ0) is 11.3. The van der Waals surface area contributed by atoms with Crippen LogP contribution in [0.15, 0.2) is 0 Å². The van der Waals surface area contributed by atoms with E-state index in [-0.39, 0.29) is 11.3 Å². The molecule has 3 atom stereocenters. The van der Waals surface area contributed by atoms with Crippen LogP contribution in [0.5, 0.6) is 0 Å². The second kappa shape index (κ2) is 3.23. The number of carboxylic acid groups (broad SMARTS) is 1. The third-order valence-corrected chi connectivity index (χ3v) is 5.11. The molecule has 2 saturated carbocycles. The van der Waals surface area contributed by atoms with Gasteiger partial charge in [-0.3, -0.25) is 4.79 Å². The van der Waals surface area contributed by atoms with Crippen molar-refractivity contribution in [1.82, 2.24) is 0 Å². The maximum atomic E-state index is 11.3. The summed E-state index contributed by atoms with van der Waals surface area (Å²) in [5, 5.41) is 9.29. The number of hydrogen-bond acceptors (Lipinski definition) is 1. The summed E-state index contributed by atoms with van der Waals surface area (Å²) >= 11 is 0. The van der Waals surface area contributed by atoms with Crippen LogP contribution in [-0.4, -0.2) is 11.1 Å². The molecule has 0 unspecified atom stereocenters. The van der Waals surface area contributed by atoms with Crippen LogP contribution in [-0.2, 0) is 4.79 Å². The number of rotatable bonds is 1. The minimum absolute atomic E-state index is 0.0631. The smallest absolute Gasteiger partial charge is 0.307 e. The van der Waals surface area contributed by atoms with Crippen LogP contribution in [0.1, 0.15) is 52.9 Å². The molecule has 0 aliphatic heterocycles. The first-order chi connectivity index (χ1) is 6.88. The van der Waals surface area contributed by atoms with E-state index in [0.717, 1.165) is 19.3 Å². The molecule has 0 aromatic rings. The van der Waals surface area contributed by atoms with Gasteiger partial charge < -0.3 is 5.11 Å². The largest absolute Gasteiger partial charge is 0.481 e. The van der Waals surface area contributed by atoms with E-state index in [4.69, 9.17) is 0 Å². The Bertz CT molecular complexity index is 282. The van der Waals surface area contributed by atoms with Crippen molar-refractivity contribution in [2.75, 3.05) is 0 Å². The molecule has 0 amide bonds. The highest BCUT2D eigenvalue weighted by molar-refractivity contribution is 5.71. The molecule has 2 rings (SSSR count). The molecule has 0 aromatic carbocycles. The molecule has 2 aliphatic rings. The zero-order valence-corrected chi connectivity index (χ0v) is 10.0. The number of fused-ring (bicyclic) bond motifs is 1. The predicted molar refractivity (Wildman–Crippen MR) is 59.6 cm³/mol. The Labute approximate surface area is 92.1 Å². The van der Waals surface area contributed by atoms with Gasteiger partial charge in [0.2, 0.25) is 0 Å². The van der Waals surface area contributed by atoms with Crippen molar-refractivity contribution in [1.29, 1.82) is 0 Å². The lowest BCUT2D eigenvalue weighted by Gasteiger charge is -2.48. The Morgan fingerprint density at radius 2 is 1.87 bits per heavy atom. The standard InChI is InChI=1S/C13H22O2/c1-12(2)7-4-8-13(3)9(11(14)15)5-6-10(12)13/h9-10H,4-8H2,1-3H3,(H,14,15)/t9-,10+,13-/m1/s1. The number of aliphatic carboxylic acids is 1. The normalized spacial score (nSPS) is 43.7. The topological polar surface area (TPSA) is 37.3 Å². The Kier molecular flexibility index (Phi) is 2.36. The molecule has 2 heteroatoms. The van der Waals surface area contributed by atoms with E-state index in [1.165, 1.54) is 12.8 Å². The molecule has 0 spiro atoms. The summed E-state index contributed by atoms with van der Waals surface area (Å²) in [7, 11) is 0. The second-order valence-corrected chi connectivity index (χ2v) is 6.37. The summed E-state index contributed by atoms with van der Waals surface area (Å²) in [5.74, 6) is -0.0559. The van der Waals surface area contributed by atoms with Gasteiger partial charge in [0.1, 0.15) is 0 Å². The van der Waals surface area contributed by atoms with Crippen LogP contribution in [0, 0.1) is 22.7 Å². The van der Waals surface area contributed by atoms with Gasteiger partial charge >= 0.3 is 5.97 Å². The SMILES string of the molecule is CC1(C)CCC[C@]2(C)[C@@H](C(=O)O)CC[C@@H]12. The second-order valence-electron chi connectivity index (χ2n) is 6.37. The molecular formula is C13H22O2. The summed E-state index contributed by atoms with van der Waals surface area (Å²) in [6, 6.07) is 0. The minimum Gasteiger partial charge on any atom is -0.481 e. The van der Waals surface area contributed by atoms with Crippen LogP contribution in [0.4, 0.5) is 0 Å². The third kappa shape index (κ3) is 1.49. The van der Waals surface area contributed by atoms with Gasteiger partial charge in [0.05, 0.1) is 5.92 Å². The van der Waals surface area contributed by atoms with Gasteiger partial charge in [0.25, 0.3) is 0 Å². The van der Waals surface area contributed by atoms with Crippen molar-refractivity contribution in [2.45, 2.75) is 52.9 Å². The first-order valence-corrected chi connectivity index (χ1v) is 6.11. The Hall–Kier alpha value is -0.530. The molecule has 1 N–H and O–H groups in total. The maximum Gasteiger partial charge on any atom is 0.307 e. The first kappa shape index (κ1) is 11.0. The molecule has 2 aliphatic carbocycles. The van der Waals surface area contributed by atoms with Crippen LogP contribution >= 0.6 is 0 Å². The molecule has 15 heavy (non-hydrogen) atoms. The third-order valence-electron chi connectivity index (χ3n) is 5.11. The van der Waals surface area contributed by atoms with E-state index in [9.17, 15) is 9.90 Å². The van der Waals surface area contributed by atoms with Crippen molar-refractivity contribution in [3.63, 3.8) is 0 Å². The average molecular weight is 210 g/mol. The lowest BCUT2D eigenvalue weighted by atomic mass is 9.56. The van der Waals surface area contributed by atoms with Crippen molar-refractivity contribution in [2.24, 2.45) is 22.7 Å². The highest BCUT2D eigenvalue weighted by atomic mass is 16.4. The molecular weight excluding hydrogens is 188 g/mol. The average Bonchev–Trinajstić information content (AvgIpc) is 2.42. The van der Waals surface area contributed by atoms with E-state index in [0.29, 0.717) is 11.3 Å². The summed E-state index contributed by atoms with van der Waals surface area (Å²) < 4.78 is 0. The van der Waals surface area contributed by atoms with Crippen molar-refractivity contribution in [3.8, 4) is 0 Å². The molecule has 2 nitrogen and oxygen atoms in total. The van der Waals surface area contributed by atoms with E-state index < -0.39 is 5.97 Å². The van der Waals surface area contributed by atoms with Gasteiger partial charge in [0.15, 0.2) is 0 Å². The quantitative estimate of drug-likeness (QED) is 0.721. The van der Waals surface area contributed by atoms with Gasteiger partial charge in [-0.2, -0.15) is 0 Å². The van der Waals surface area contributed by atoms with Crippen LogP contribution in [0.3, 0.4) is 0 Å². The van der Waals surface area contributed by atoms with Crippen molar-refractivity contribution in [3.05, 3.63) is 0 Å². The summed E-state index contributed by atoms with van der Waals surface area (Å²) in [6.07, 6.45) is 5.57. The van der Waals surface area contributed by atoms with E-state index >= 15 is 0 Å². The highest BCUT2D eigenvalue weighted by Crippen LogP contribution is 2.61. The minimum atomic E-state index is -0.572. The first-order valence-electron chi connectivity index (χ1n) is 6.11. The van der Waals surface area contributed by atoms with Crippen molar-refractivity contribution < 1.29 is 9.90 Å². The highest BCUT2D eigenvalue weighted by Gasteiger charge is 2.56. The maximum absolute atomic E-state index is 11.3. The zero-order valence-electron chi connectivity index (χ0n) is 10.0. The summed E-state index contributed by atoms with van der Waals surface area (Å²) in [6.45, 7) is 6.85. The van der Waals surface area contributed by atoms with Gasteiger partial charge in [-0.05, 0) is 42.4 Å². The van der Waals surface area contributed by atoms with E-state index in [2.05, 4.69) is 20.8 Å². The molecule has 0 bridgehead atoms. The molecule has 2 fully saturated rings. The Morgan fingerprint density at radius 3 is 2.47 bits per heavy atom. The number of carbonyl (C=O) groups is 1. The summed E-state index contributed by atoms with van der Waals surface area (Å²) in [4.78, 5) is 11.3. The van der Waals surface area contributed by atoms with Gasteiger partial charge in [-0.15, -0.1) is 0 Å². The lowest BCUT2D eigenvalue weighted by Crippen LogP contribution is -2.43. The van der Waals surface area contributed by atoms with E-state index in [1.54, 1.807) is 0 Å². The van der Waals surface area contributed by atoms with Gasteiger partial charge in [-0.1, -0.05) is 27.2 Å². The molecule has 0 saturated heterocycles. The number of carboxylic acids is 1. The Morgan fingerprint density at radius 1 is 1.20 bits per heavy atom. The summed E-state index contributed by atoms with van der Waals surface area (Å²) in [5.41, 5.74) is 0.408. The Balaban J connectivity index is 2.31. The van der Waals surface area contributed by atoms with Crippen molar-refractivity contribution >= 4 is 5.97 Å². The van der Waals surface area contributed by atoms with Gasteiger partial charge in [0, 0.05) is 0 Å². The monoisotopic (exact) mass is 210 g/mol. The predicted octanol–water partition coefficient (Wildman–Crippen LogP) is 3.31. The molecule has 0 aromatic heterocycles. The van der Waals surface area contributed by atoms with E-state index in [1.807, 2.05) is 0 Å². The fourth-order valence-electron chi connectivity index (χ4n) is 4.37. The van der Waals surface area contributed by atoms with Crippen LogP contribution in [0.25, 0.3) is 0 Å². The fourth-order valence-corrected chi connectivity index (χ4v) is 4.37. The van der Waals surface area contributed by atoms with Crippen LogP contribution in [0.2, 0.25) is 0 Å². The molecule has 86 valence electrons. The fraction of sp³-hybridized carbons (Fsp3) is 0.923. The molecule has 0 heterocycles. The lowest BCUT2D eigenvalue weighted by molar-refractivity contribution is -0.148. The molecule has 0 radical (unpaired) electrons. The van der Waals surface area contributed by atoms with Gasteiger partial charge in [-0.25, -0.2) is 0 Å². The van der Waals surface area contributed by atoms with Crippen LogP contribution < -0.4 is 0 Å².